The molecule has 0 heterocycles. The number of hydrogen-bond acceptors (Lipinski definition) is 3. The standard InChI is InChI=1S/C7H9ClO3/c1-6(9)5-7(10)11-4-2-3-8/h2,4H,3,5H2,1H3. The van der Waals surface area contributed by atoms with E-state index in [-0.39, 0.29) is 18.1 Å². The van der Waals surface area contributed by atoms with Crippen LogP contribution >= 0.6 is 11.6 Å². The summed E-state index contributed by atoms with van der Waals surface area (Å²) in [5.41, 5.74) is 0. The molecule has 0 aliphatic heterocycles. The molecule has 0 rings (SSSR count). The van der Waals surface area contributed by atoms with Crippen molar-refractivity contribution < 1.29 is 14.3 Å². The first-order chi connectivity index (χ1) is 5.16. The highest BCUT2D eigenvalue weighted by molar-refractivity contribution is 6.18. The van der Waals surface area contributed by atoms with E-state index in [1.807, 2.05) is 0 Å². The molecule has 0 N–H and O–H groups in total. The van der Waals surface area contributed by atoms with E-state index >= 15 is 0 Å². The Hall–Kier alpha value is -0.830. The van der Waals surface area contributed by atoms with E-state index < -0.39 is 5.97 Å². The van der Waals surface area contributed by atoms with Gasteiger partial charge < -0.3 is 4.74 Å². The molecule has 0 aliphatic carbocycles. The smallest absolute Gasteiger partial charge is 0.318 e. The maximum absolute atomic E-state index is 10.6. The Labute approximate surface area is 70.0 Å². The summed E-state index contributed by atoms with van der Waals surface area (Å²) in [6.45, 7) is 1.33. The minimum Gasteiger partial charge on any atom is -0.434 e. The van der Waals surface area contributed by atoms with Crippen molar-refractivity contribution in [1.29, 1.82) is 0 Å². The maximum atomic E-state index is 10.6. The highest BCUT2D eigenvalue weighted by Gasteiger charge is 2.03. The molecule has 0 unspecified atom stereocenters. The van der Waals surface area contributed by atoms with Gasteiger partial charge in [-0.15, -0.1) is 11.6 Å². The number of esters is 1. The molecule has 0 fully saturated rings. The van der Waals surface area contributed by atoms with Crippen LogP contribution in [0.5, 0.6) is 0 Å². The quantitative estimate of drug-likeness (QED) is 0.280. The van der Waals surface area contributed by atoms with Crippen LogP contribution in [-0.2, 0) is 14.3 Å². The summed E-state index contributed by atoms with van der Waals surface area (Å²) in [5, 5.41) is 0. The molecule has 0 radical (unpaired) electrons. The van der Waals surface area contributed by atoms with Crippen molar-refractivity contribution in [2.75, 3.05) is 5.88 Å². The van der Waals surface area contributed by atoms with Crippen molar-refractivity contribution in [1.82, 2.24) is 0 Å². The van der Waals surface area contributed by atoms with Gasteiger partial charge in [0.05, 0.1) is 6.26 Å². The Bertz CT molecular complexity index is 175. The van der Waals surface area contributed by atoms with Crippen LogP contribution < -0.4 is 0 Å². The number of alkyl halides is 1. The number of Topliss-reactive ketones (excluding diaryl/α,β-unsaturated/α-hetero) is 1. The molecule has 0 bridgehead atoms. The van der Waals surface area contributed by atoms with Crippen molar-refractivity contribution in [2.24, 2.45) is 0 Å². The fourth-order valence-electron chi connectivity index (χ4n) is 0.405. The Morgan fingerprint density at radius 1 is 1.55 bits per heavy atom. The number of hydrogen-bond donors (Lipinski definition) is 0. The van der Waals surface area contributed by atoms with Crippen LogP contribution in [0, 0.1) is 0 Å². The molecule has 3 nitrogen and oxygen atoms in total. The average Bonchev–Trinajstić information content (AvgIpc) is 1.86. The number of allylic oxidation sites excluding steroid dienone is 1. The van der Waals surface area contributed by atoms with Gasteiger partial charge in [0, 0.05) is 5.88 Å². The third-order valence-electron chi connectivity index (χ3n) is 0.778. The van der Waals surface area contributed by atoms with E-state index in [1.165, 1.54) is 19.3 Å². The predicted molar refractivity (Wildman–Crippen MR) is 41.3 cm³/mol. The number of ether oxygens (including phenoxy) is 1. The summed E-state index contributed by atoms with van der Waals surface area (Å²) in [6, 6.07) is 0. The minimum absolute atomic E-state index is 0.188. The van der Waals surface area contributed by atoms with Gasteiger partial charge >= 0.3 is 5.97 Å². The van der Waals surface area contributed by atoms with Gasteiger partial charge in [0.2, 0.25) is 0 Å². The fourth-order valence-corrected chi connectivity index (χ4v) is 0.478. The van der Waals surface area contributed by atoms with Crippen molar-refractivity contribution in [3.05, 3.63) is 12.3 Å². The third-order valence-corrected chi connectivity index (χ3v) is 0.956. The largest absolute Gasteiger partial charge is 0.434 e. The molecule has 0 aliphatic rings. The van der Waals surface area contributed by atoms with Crippen molar-refractivity contribution in [3.8, 4) is 0 Å². The zero-order chi connectivity index (χ0) is 8.69. The van der Waals surface area contributed by atoms with Crippen LogP contribution in [0.4, 0.5) is 0 Å². The molecule has 0 aromatic rings. The van der Waals surface area contributed by atoms with Gasteiger partial charge in [0.25, 0.3) is 0 Å². The topological polar surface area (TPSA) is 43.4 Å². The summed E-state index contributed by atoms with van der Waals surface area (Å²) < 4.78 is 4.47. The fraction of sp³-hybridized carbons (Fsp3) is 0.429. The predicted octanol–water partition coefficient (Wildman–Crippen LogP) is 1.26. The zero-order valence-electron chi connectivity index (χ0n) is 6.17. The zero-order valence-corrected chi connectivity index (χ0v) is 6.93. The van der Waals surface area contributed by atoms with Gasteiger partial charge in [-0.3, -0.25) is 9.59 Å². The van der Waals surface area contributed by atoms with Crippen LogP contribution in [0.2, 0.25) is 0 Å². The number of ketones is 1. The third kappa shape index (κ3) is 7.06. The van der Waals surface area contributed by atoms with Gasteiger partial charge in [0.1, 0.15) is 12.2 Å². The molecule has 0 aromatic carbocycles. The molecule has 0 atom stereocenters. The second-order valence-electron chi connectivity index (χ2n) is 1.89. The number of rotatable bonds is 4. The normalized spacial score (nSPS) is 10.0. The van der Waals surface area contributed by atoms with Gasteiger partial charge in [-0.05, 0) is 13.0 Å². The summed E-state index contributed by atoms with van der Waals surface area (Å²) in [7, 11) is 0. The first-order valence-corrected chi connectivity index (χ1v) is 3.60. The minimum atomic E-state index is -0.557. The monoisotopic (exact) mass is 176 g/mol. The molecule has 0 aromatic heterocycles. The summed E-state index contributed by atoms with van der Waals surface area (Å²) in [4.78, 5) is 20.9. The first-order valence-electron chi connectivity index (χ1n) is 3.06. The van der Waals surface area contributed by atoms with Crippen LogP contribution in [-0.4, -0.2) is 17.6 Å². The van der Waals surface area contributed by atoms with E-state index in [0.717, 1.165) is 0 Å². The van der Waals surface area contributed by atoms with Gasteiger partial charge in [0.15, 0.2) is 0 Å². The molecule has 0 amide bonds. The molecule has 4 heteroatoms. The number of carbonyl (C=O) groups is 2. The van der Waals surface area contributed by atoms with E-state index in [9.17, 15) is 9.59 Å². The van der Waals surface area contributed by atoms with E-state index in [0.29, 0.717) is 0 Å². The lowest BCUT2D eigenvalue weighted by atomic mass is 10.3. The Morgan fingerprint density at radius 3 is 2.64 bits per heavy atom. The molecule has 0 saturated carbocycles. The van der Waals surface area contributed by atoms with Crippen molar-refractivity contribution in [3.63, 3.8) is 0 Å². The molecule has 0 saturated heterocycles. The lowest BCUT2D eigenvalue weighted by Crippen LogP contribution is -2.04. The maximum Gasteiger partial charge on any atom is 0.318 e. The van der Waals surface area contributed by atoms with E-state index in [4.69, 9.17) is 11.6 Å². The molecular formula is C7H9ClO3. The van der Waals surface area contributed by atoms with Gasteiger partial charge in [-0.1, -0.05) is 0 Å². The molecule has 0 spiro atoms. The molecular weight excluding hydrogens is 168 g/mol. The summed E-state index contributed by atoms with van der Waals surface area (Å²) in [6.07, 6.45) is 2.46. The summed E-state index contributed by atoms with van der Waals surface area (Å²) >= 11 is 5.25. The lowest BCUT2D eigenvalue weighted by Gasteiger charge is -1.93. The average molecular weight is 177 g/mol. The number of carbonyl (C=O) groups excluding carboxylic acids is 2. The van der Waals surface area contributed by atoms with E-state index in [2.05, 4.69) is 4.74 Å². The molecule has 11 heavy (non-hydrogen) atoms. The van der Waals surface area contributed by atoms with Crippen molar-refractivity contribution in [2.45, 2.75) is 13.3 Å². The Kier molecular flexibility index (Phi) is 5.47. The van der Waals surface area contributed by atoms with Crippen LogP contribution in [0.15, 0.2) is 12.3 Å². The van der Waals surface area contributed by atoms with Crippen LogP contribution in [0.3, 0.4) is 0 Å². The Balaban J connectivity index is 3.53. The van der Waals surface area contributed by atoms with E-state index in [1.54, 1.807) is 0 Å². The Morgan fingerprint density at radius 2 is 2.18 bits per heavy atom. The lowest BCUT2D eigenvalue weighted by molar-refractivity contribution is -0.140. The highest BCUT2D eigenvalue weighted by Crippen LogP contribution is 1.89. The van der Waals surface area contributed by atoms with Gasteiger partial charge in [-0.2, -0.15) is 0 Å². The first kappa shape index (κ1) is 10.2. The van der Waals surface area contributed by atoms with Gasteiger partial charge in [-0.25, -0.2) is 0 Å². The van der Waals surface area contributed by atoms with Crippen LogP contribution in [0.25, 0.3) is 0 Å². The number of halogens is 1. The second-order valence-corrected chi connectivity index (χ2v) is 2.20. The SMILES string of the molecule is CC(=O)CC(=O)OC=CCCl. The van der Waals surface area contributed by atoms with Crippen molar-refractivity contribution >= 4 is 23.4 Å². The summed E-state index contributed by atoms with van der Waals surface area (Å²) in [5.74, 6) is -0.485. The van der Waals surface area contributed by atoms with Crippen LogP contribution in [0.1, 0.15) is 13.3 Å². The second kappa shape index (κ2) is 5.92. The highest BCUT2D eigenvalue weighted by atomic mass is 35.5. The molecule has 62 valence electrons.